The Morgan fingerprint density at radius 2 is 1.90 bits per heavy atom. The topological polar surface area (TPSA) is 81.6 Å². The summed E-state index contributed by atoms with van der Waals surface area (Å²) in [6.07, 6.45) is 0. The molecule has 2 aromatic heterocycles. The number of nitrogens with one attached hydrogen (secondary N) is 1. The molecule has 0 bridgehead atoms. The van der Waals surface area contributed by atoms with E-state index in [-0.39, 0.29) is 0 Å². The molecule has 6 heteroatoms. The Labute approximate surface area is 123 Å². The number of hydrogen-bond donors (Lipinski definition) is 2. The molecule has 1 aromatic carbocycles. The number of aryl methyl sites for hydroxylation is 2. The Bertz CT molecular complexity index is 763. The first-order chi connectivity index (χ1) is 10.2. The maximum atomic E-state index is 5.57. The highest BCUT2D eigenvalue weighted by Crippen LogP contribution is 2.25. The molecular weight excluding hydrogens is 264 g/mol. The summed E-state index contributed by atoms with van der Waals surface area (Å²) in [4.78, 5) is 9.04. The highest BCUT2D eigenvalue weighted by atomic mass is 15.3. The van der Waals surface area contributed by atoms with E-state index in [1.807, 2.05) is 48.9 Å². The zero-order chi connectivity index (χ0) is 14.8. The standard InChI is InChI=1S/C15H18N6/c1-10-13-14(17-9-8-16)18-11(2)19-15(13)21(20-10)12-6-4-3-5-7-12/h3-7H,8-9,16H2,1-2H3,(H,17,18,19). The third kappa shape index (κ3) is 2.45. The van der Waals surface area contributed by atoms with Gasteiger partial charge in [-0.3, -0.25) is 0 Å². The number of anilines is 1. The SMILES string of the molecule is Cc1nc(NCCN)c2c(C)nn(-c3ccccc3)c2n1. The summed E-state index contributed by atoms with van der Waals surface area (Å²) in [6.45, 7) is 5.07. The number of para-hydroxylation sites is 1. The minimum absolute atomic E-state index is 0.552. The maximum absolute atomic E-state index is 5.57. The summed E-state index contributed by atoms with van der Waals surface area (Å²) < 4.78 is 1.85. The quantitative estimate of drug-likeness (QED) is 0.762. The zero-order valence-electron chi connectivity index (χ0n) is 12.2. The lowest BCUT2D eigenvalue weighted by molar-refractivity contribution is 0.872. The fourth-order valence-corrected chi connectivity index (χ4v) is 2.36. The molecule has 0 aliphatic heterocycles. The first kappa shape index (κ1) is 13.5. The average Bonchev–Trinajstić information content (AvgIpc) is 2.82. The van der Waals surface area contributed by atoms with E-state index in [2.05, 4.69) is 20.4 Å². The van der Waals surface area contributed by atoms with Gasteiger partial charge in [-0.2, -0.15) is 5.10 Å². The predicted octanol–water partition coefficient (Wildman–Crippen LogP) is 1.80. The van der Waals surface area contributed by atoms with Gasteiger partial charge in [0.15, 0.2) is 5.65 Å². The van der Waals surface area contributed by atoms with E-state index in [9.17, 15) is 0 Å². The molecule has 6 nitrogen and oxygen atoms in total. The van der Waals surface area contributed by atoms with Gasteiger partial charge in [-0.25, -0.2) is 14.6 Å². The molecule has 3 N–H and O–H groups in total. The molecule has 0 unspecified atom stereocenters. The van der Waals surface area contributed by atoms with Crippen LogP contribution in [0.4, 0.5) is 5.82 Å². The van der Waals surface area contributed by atoms with Crippen LogP contribution in [-0.2, 0) is 0 Å². The van der Waals surface area contributed by atoms with Gasteiger partial charge in [-0.15, -0.1) is 0 Å². The summed E-state index contributed by atoms with van der Waals surface area (Å²) >= 11 is 0. The summed E-state index contributed by atoms with van der Waals surface area (Å²) in [5.41, 5.74) is 8.26. The van der Waals surface area contributed by atoms with Crippen molar-refractivity contribution in [1.82, 2.24) is 19.7 Å². The largest absolute Gasteiger partial charge is 0.368 e. The van der Waals surface area contributed by atoms with Crippen LogP contribution in [0.1, 0.15) is 11.5 Å². The van der Waals surface area contributed by atoms with Gasteiger partial charge in [0.2, 0.25) is 0 Å². The molecule has 0 saturated carbocycles. The molecule has 3 aromatic rings. The number of nitrogens with zero attached hydrogens (tertiary/aromatic N) is 4. The van der Waals surface area contributed by atoms with Gasteiger partial charge < -0.3 is 11.1 Å². The number of rotatable bonds is 4. The minimum atomic E-state index is 0.552. The molecule has 0 amide bonds. The molecule has 108 valence electrons. The van der Waals surface area contributed by atoms with Gasteiger partial charge in [0, 0.05) is 13.1 Å². The van der Waals surface area contributed by atoms with E-state index in [1.54, 1.807) is 0 Å². The van der Waals surface area contributed by atoms with E-state index >= 15 is 0 Å². The summed E-state index contributed by atoms with van der Waals surface area (Å²) in [7, 11) is 0. The first-order valence-electron chi connectivity index (χ1n) is 6.94. The molecular formula is C15H18N6. The molecule has 2 heterocycles. The van der Waals surface area contributed by atoms with E-state index in [4.69, 9.17) is 5.73 Å². The maximum Gasteiger partial charge on any atom is 0.168 e. The lowest BCUT2D eigenvalue weighted by Gasteiger charge is -2.07. The van der Waals surface area contributed by atoms with Crippen LogP contribution < -0.4 is 11.1 Å². The van der Waals surface area contributed by atoms with E-state index in [0.29, 0.717) is 18.9 Å². The molecule has 0 aliphatic carbocycles. The molecule has 21 heavy (non-hydrogen) atoms. The van der Waals surface area contributed by atoms with Crippen LogP contribution >= 0.6 is 0 Å². The van der Waals surface area contributed by atoms with Crippen LogP contribution in [0.5, 0.6) is 0 Å². The van der Waals surface area contributed by atoms with Crippen molar-refractivity contribution in [2.45, 2.75) is 13.8 Å². The van der Waals surface area contributed by atoms with Crippen LogP contribution in [-0.4, -0.2) is 32.8 Å². The summed E-state index contributed by atoms with van der Waals surface area (Å²) in [6, 6.07) is 9.97. The van der Waals surface area contributed by atoms with Crippen LogP contribution in [0.2, 0.25) is 0 Å². The Balaban J connectivity index is 2.23. The van der Waals surface area contributed by atoms with Crippen molar-refractivity contribution in [3.05, 3.63) is 41.9 Å². The van der Waals surface area contributed by atoms with Crippen molar-refractivity contribution >= 4 is 16.9 Å². The van der Waals surface area contributed by atoms with Crippen molar-refractivity contribution in [3.63, 3.8) is 0 Å². The molecule has 0 spiro atoms. The molecule has 0 radical (unpaired) electrons. The number of hydrogen-bond acceptors (Lipinski definition) is 5. The van der Waals surface area contributed by atoms with Gasteiger partial charge >= 0.3 is 0 Å². The second kappa shape index (κ2) is 5.49. The average molecular weight is 282 g/mol. The second-order valence-corrected chi connectivity index (χ2v) is 4.87. The predicted molar refractivity (Wildman–Crippen MR) is 83.7 cm³/mol. The molecule has 3 rings (SSSR count). The van der Waals surface area contributed by atoms with Crippen LogP contribution in [0, 0.1) is 13.8 Å². The minimum Gasteiger partial charge on any atom is -0.368 e. The van der Waals surface area contributed by atoms with Gasteiger partial charge in [-0.05, 0) is 26.0 Å². The van der Waals surface area contributed by atoms with Crippen molar-refractivity contribution in [1.29, 1.82) is 0 Å². The second-order valence-electron chi connectivity index (χ2n) is 4.87. The van der Waals surface area contributed by atoms with Gasteiger partial charge in [0.25, 0.3) is 0 Å². The van der Waals surface area contributed by atoms with Crippen molar-refractivity contribution < 1.29 is 0 Å². The zero-order valence-corrected chi connectivity index (χ0v) is 12.2. The summed E-state index contributed by atoms with van der Waals surface area (Å²) in [5.74, 6) is 1.50. The van der Waals surface area contributed by atoms with Gasteiger partial charge in [-0.1, -0.05) is 18.2 Å². The van der Waals surface area contributed by atoms with Crippen LogP contribution in [0.25, 0.3) is 16.7 Å². The number of nitrogens with two attached hydrogens (primary N) is 1. The lowest BCUT2D eigenvalue weighted by atomic mass is 10.3. The Morgan fingerprint density at radius 1 is 1.14 bits per heavy atom. The summed E-state index contributed by atoms with van der Waals surface area (Å²) in [5, 5.41) is 8.81. The molecule has 0 atom stereocenters. The molecule has 0 fully saturated rings. The highest BCUT2D eigenvalue weighted by Gasteiger charge is 2.15. The number of aromatic nitrogens is 4. The monoisotopic (exact) mass is 282 g/mol. The first-order valence-corrected chi connectivity index (χ1v) is 6.94. The van der Waals surface area contributed by atoms with Gasteiger partial charge in [0.05, 0.1) is 16.8 Å². The molecule has 0 saturated heterocycles. The normalized spacial score (nSPS) is 11.0. The smallest absolute Gasteiger partial charge is 0.168 e. The number of benzene rings is 1. The number of fused-ring (bicyclic) bond motifs is 1. The Hall–Kier alpha value is -2.47. The van der Waals surface area contributed by atoms with Crippen molar-refractivity contribution in [2.75, 3.05) is 18.4 Å². The van der Waals surface area contributed by atoms with Crippen molar-refractivity contribution in [2.24, 2.45) is 5.73 Å². The highest BCUT2D eigenvalue weighted by molar-refractivity contribution is 5.90. The van der Waals surface area contributed by atoms with Crippen molar-refractivity contribution in [3.8, 4) is 5.69 Å². The third-order valence-corrected chi connectivity index (χ3v) is 3.25. The fourth-order valence-electron chi connectivity index (χ4n) is 2.36. The van der Waals surface area contributed by atoms with Crippen LogP contribution in [0.3, 0.4) is 0 Å². The fraction of sp³-hybridized carbons (Fsp3) is 0.267. The van der Waals surface area contributed by atoms with E-state index in [1.165, 1.54) is 0 Å². The Morgan fingerprint density at radius 3 is 2.62 bits per heavy atom. The van der Waals surface area contributed by atoms with Gasteiger partial charge in [0.1, 0.15) is 11.6 Å². The van der Waals surface area contributed by atoms with E-state index < -0.39 is 0 Å². The Kier molecular flexibility index (Phi) is 3.53. The lowest BCUT2D eigenvalue weighted by Crippen LogP contribution is -2.14. The molecule has 0 aliphatic rings. The van der Waals surface area contributed by atoms with Crippen LogP contribution in [0.15, 0.2) is 30.3 Å². The van der Waals surface area contributed by atoms with E-state index in [0.717, 1.165) is 28.2 Å². The third-order valence-electron chi connectivity index (χ3n) is 3.25.